The molecular weight excluding hydrogens is 232 g/mol. The fourth-order valence-corrected chi connectivity index (χ4v) is 2.41. The molecule has 0 fully saturated rings. The van der Waals surface area contributed by atoms with E-state index in [1.807, 2.05) is 31.3 Å². The van der Waals surface area contributed by atoms with Crippen LogP contribution in [0.5, 0.6) is 0 Å². The fourth-order valence-electron chi connectivity index (χ4n) is 1.84. The van der Waals surface area contributed by atoms with E-state index >= 15 is 0 Å². The van der Waals surface area contributed by atoms with Gasteiger partial charge in [-0.15, -0.1) is 0 Å². The smallest absolute Gasteiger partial charge is 0.167 e. The molecule has 0 spiro atoms. The lowest BCUT2D eigenvalue weighted by Crippen LogP contribution is -1.91. The number of nitrogens with one attached hydrogen (secondary N) is 1. The van der Waals surface area contributed by atoms with Gasteiger partial charge in [0.05, 0.1) is 17.2 Å². The van der Waals surface area contributed by atoms with E-state index in [0.29, 0.717) is 0 Å². The van der Waals surface area contributed by atoms with Crippen LogP contribution in [0.2, 0.25) is 0 Å². The normalized spacial score (nSPS) is 10.6. The lowest BCUT2D eigenvalue weighted by molar-refractivity contribution is 1.39. The van der Waals surface area contributed by atoms with Gasteiger partial charge in [-0.1, -0.05) is 18.2 Å². The van der Waals surface area contributed by atoms with Crippen molar-refractivity contribution in [2.24, 2.45) is 0 Å². The second kappa shape index (κ2) is 4.10. The van der Waals surface area contributed by atoms with E-state index in [9.17, 15) is 0 Å². The number of hydrogen-bond donors (Lipinski definition) is 1. The van der Waals surface area contributed by atoms with Gasteiger partial charge in [0.25, 0.3) is 0 Å². The molecule has 4 nitrogen and oxygen atoms in total. The standard InChI is InChI=1S/C12H10N4S/c1-13-12-11(15-17-16-12)9-4-2-6-10-8(9)5-3-7-14-10/h2-7H,1H3,(H,13,16). The molecule has 1 N–H and O–H groups in total. The minimum absolute atomic E-state index is 0.811. The third-order valence-corrected chi connectivity index (χ3v) is 3.15. The van der Waals surface area contributed by atoms with Gasteiger partial charge in [0.1, 0.15) is 5.69 Å². The summed E-state index contributed by atoms with van der Waals surface area (Å²) in [5.74, 6) is 0.811. The first-order chi connectivity index (χ1) is 8.40. The van der Waals surface area contributed by atoms with E-state index < -0.39 is 0 Å². The summed E-state index contributed by atoms with van der Waals surface area (Å²) in [5.41, 5.74) is 2.92. The number of hydrogen-bond acceptors (Lipinski definition) is 5. The summed E-state index contributed by atoms with van der Waals surface area (Å²) < 4.78 is 8.56. The summed E-state index contributed by atoms with van der Waals surface area (Å²) in [7, 11) is 1.85. The van der Waals surface area contributed by atoms with Gasteiger partial charge in [0.15, 0.2) is 5.82 Å². The molecule has 0 atom stereocenters. The van der Waals surface area contributed by atoms with Crippen LogP contribution in [0.15, 0.2) is 36.5 Å². The molecule has 0 aliphatic heterocycles. The molecule has 0 saturated carbocycles. The topological polar surface area (TPSA) is 50.7 Å². The van der Waals surface area contributed by atoms with Crippen molar-refractivity contribution in [3.05, 3.63) is 36.5 Å². The van der Waals surface area contributed by atoms with Crippen molar-refractivity contribution in [1.29, 1.82) is 0 Å². The number of pyridine rings is 1. The van der Waals surface area contributed by atoms with Crippen molar-refractivity contribution in [3.8, 4) is 11.3 Å². The van der Waals surface area contributed by atoms with E-state index in [4.69, 9.17) is 0 Å². The molecule has 0 radical (unpaired) electrons. The van der Waals surface area contributed by atoms with Crippen LogP contribution in [0.4, 0.5) is 5.82 Å². The zero-order valence-corrected chi connectivity index (χ0v) is 10.0. The summed E-state index contributed by atoms with van der Waals surface area (Å²) >= 11 is 1.21. The van der Waals surface area contributed by atoms with E-state index in [-0.39, 0.29) is 0 Å². The molecule has 1 aromatic carbocycles. The number of anilines is 1. The molecule has 0 amide bonds. The quantitative estimate of drug-likeness (QED) is 0.750. The number of fused-ring (bicyclic) bond motifs is 1. The Morgan fingerprint density at radius 1 is 1.12 bits per heavy atom. The Kier molecular flexibility index (Phi) is 2.45. The van der Waals surface area contributed by atoms with Crippen molar-refractivity contribution in [3.63, 3.8) is 0 Å². The van der Waals surface area contributed by atoms with Crippen LogP contribution in [0.25, 0.3) is 22.2 Å². The SMILES string of the molecule is CNc1nsnc1-c1cccc2ncccc12. The van der Waals surface area contributed by atoms with Gasteiger partial charge in [-0.05, 0) is 12.1 Å². The number of rotatable bonds is 2. The highest BCUT2D eigenvalue weighted by atomic mass is 32.1. The minimum atomic E-state index is 0.811. The average Bonchev–Trinajstić information content (AvgIpc) is 2.86. The molecule has 0 aliphatic carbocycles. The Labute approximate surface area is 103 Å². The van der Waals surface area contributed by atoms with Crippen LogP contribution < -0.4 is 5.32 Å². The molecule has 3 aromatic rings. The Morgan fingerprint density at radius 3 is 2.94 bits per heavy atom. The van der Waals surface area contributed by atoms with E-state index in [1.165, 1.54) is 11.7 Å². The number of aromatic nitrogens is 3. The van der Waals surface area contributed by atoms with Crippen molar-refractivity contribution in [2.75, 3.05) is 12.4 Å². The predicted octanol–water partition coefficient (Wildman–Crippen LogP) is 2.80. The highest BCUT2D eigenvalue weighted by molar-refractivity contribution is 6.99. The lowest BCUT2D eigenvalue weighted by atomic mass is 10.1. The van der Waals surface area contributed by atoms with Crippen LogP contribution in [0.1, 0.15) is 0 Å². The molecule has 0 bridgehead atoms. The molecule has 2 aromatic heterocycles. The second-order valence-corrected chi connectivity index (χ2v) is 4.12. The summed E-state index contributed by atoms with van der Waals surface area (Å²) in [6, 6.07) is 10.0. The second-order valence-electron chi connectivity index (χ2n) is 3.59. The molecule has 0 aliphatic rings. The van der Waals surface area contributed by atoms with Crippen molar-refractivity contribution in [1.82, 2.24) is 13.7 Å². The molecule has 3 rings (SSSR count). The van der Waals surface area contributed by atoms with Gasteiger partial charge < -0.3 is 5.32 Å². The Bertz CT molecular complexity index is 657. The van der Waals surface area contributed by atoms with Gasteiger partial charge in [-0.25, -0.2) is 0 Å². The number of nitrogens with zero attached hydrogens (tertiary/aromatic N) is 3. The average molecular weight is 242 g/mol. The Balaban J connectivity index is 2.31. The van der Waals surface area contributed by atoms with Gasteiger partial charge in [-0.2, -0.15) is 8.75 Å². The third-order valence-electron chi connectivity index (χ3n) is 2.63. The molecule has 0 unspecified atom stereocenters. The third kappa shape index (κ3) is 1.64. The zero-order valence-electron chi connectivity index (χ0n) is 9.21. The van der Waals surface area contributed by atoms with Crippen LogP contribution in [-0.4, -0.2) is 20.8 Å². The summed E-state index contributed by atoms with van der Waals surface area (Å²) in [5, 5.41) is 4.15. The Hall–Kier alpha value is -2.01. The summed E-state index contributed by atoms with van der Waals surface area (Å²) in [6.07, 6.45) is 1.80. The first-order valence-corrected chi connectivity index (χ1v) is 5.97. The van der Waals surface area contributed by atoms with Crippen LogP contribution in [0, 0.1) is 0 Å². The maximum Gasteiger partial charge on any atom is 0.167 e. The molecule has 5 heteroatoms. The highest BCUT2D eigenvalue weighted by Gasteiger charge is 2.11. The fraction of sp³-hybridized carbons (Fsp3) is 0.0833. The van der Waals surface area contributed by atoms with Gasteiger partial charge in [-0.3, -0.25) is 4.98 Å². The van der Waals surface area contributed by atoms with Crippen molar-refractivity contribution in [2.45, 2.75) is 0 Å². The predicted molar refractivity (Wildman–Crippen MR) is 70.2 cm³/mol. The first kappa shape index (κ1) is 10.2. The van der Waals surface area contributed by atoms with Gasteiger partial charge in [0, 0.05) is 24.2 Å². The van der Waals surface area contributed by atoms with Crippen molar-refractivity contribution < 1.29 is 0 Å². The van der Waals surface area contributed by atoms with E-state index in [0.717, 1.165) is 28.0 Å². The maximum atomic E-state index is 4.35. The maximum absolute atomic E-state index is 4.35. The minimum Gasteiger partial charge on any atom is -0.370 e. The summed E-state index contributed by atoms with van der Waals surface area (Å²) in [6.45, 7) is 0. The molecular formula is C12H10N4S. The highest BCUT2D eigenvalue weighted by Crippen LogP contribution is 2.31. The molecule has 84 valence electrons. The lowest BCUT2D eigenvalue weighted by Gasteiger charge is -2.04. The molecule has 2 heterocycles. The largest absolute Gasteiger partial charge is 0.370 e. The van der Waals surface area contributed by atoms with Crippen LogP contribution in [-0.2, 0) is 0 Å². The van der Waals surface area contributed by atoms with E-state index in [2.05, 4.69) is 25.1 Å². The summed E-state index contributed by atoms with van der Waals surface area (Å²) in [4.78, 5) is 4.34. The zero-order chi connectivity index (χ0) is 11.7. The van der Waals surface area contributed by atoms with Gasteiger partial charge >= 0.3 is 0 Å². The molecule has 17 heavy (non-hydrogen) atoms. The monoisotopic (exact) mass is 242 g/mol. The van der Waals surface area contributed by atoms with Crippen LogP contribution in [0.3, 0.4) is 0 Å². The van der Waals surface area contributed by atoms with Crippen molar-refractivity contribution >= 4 is 28.4 Å². The molecule has 0 saturated heterocycles. The Morgan fingerprint density at radius 2 is 2.06 bits per heavy atom. The van der Waals surface area contributed by atoms with Gasteiger partial charge in [0.2, 0.25) is 0 Å². The number of benzene rings is 1. The first-order valence-electron chi connectivity index (χ1n) is 5.24. The van der Waals surface area contributed by atoms with E-state index in [1.54, 1.807) is 6.20 Å². The van der Waals surface area contributed by atoms with Crippen LogP contribution >= 0.6 is 11.7 Å².